The van der Waals surface area contributed by atoms with Crippen molar-refractivity contribution in [2.45, 2.75) is 26.6 Å². The lowest BCUT2D eigenvalue weighted by Crippen LogP contribution is -2.17. The van der Waals surface area contributed by atoms with Gasteiger partial charge in [0.25, 0.3) is 0 Å². The fourth-order valence-corrected chi connectivity index (χ4v) is 2.53. The predicted octanol–water partition coefficient (Wildman–Crippen LogP) is 2.40. The number of rotatable bonds is 2. The molecule has 0 saturated heterocycles. The van der Waals surface area contributed by atoms with Crippen molar-refractivity contribution in [1.29, 1.82) is 0 Å². The second kappa shape index (κ2) is 4.42. The van der Waals surface area contributed by atoms with E-state index in [0.717, 1.165) is 30.0 Å². The fraction of sp³-hybridized carbons (Fsp3) is 0.267. The van der Waals surface area contributed by atoms with Crippen LogP contribution in [0.25, 0.3) is 0 Å². The molecule has 1 aliphatic heterocycles. The molecule has 18 heavy (non-hydrogen) atoms. The zero-order valence-electron chi connectivity index (χ0n) is 10.4. The predicted molar refractivity (Wildman–Crippen MR) is 71.2 cm³/mol. The van der Waals surface area contributed by atoms with Crippen LogP contribution >= 0.6 is 0 Å². The van der Waals surface area contributed by atoms with E-state index < -0.39 is 0 Å². The highest BCUT2D eigenvalue weighted by molar-refractivity contribution is 5.52. The number of pyridine rings is 1. The van der Waals surface area contributed by atoms with Gasteiger partial charge in [-0.15, -0.1) is 0 Å². The third-order valence-electron chi connectivity index (χ3n) is 3.43. The highest BCUT2D eigenvalue weighted by atomic mass is 16.3. The Bertz CT molecular complexity index is 555. The molecule has 0 amide bonds. The van der Waals surface area contributed by atoms with Crippen LogP contribution in [0.3, 0.4) is 0 Å². The minimum Gasteiger partial charge on any atom is -0.392 e. The van der Waals surface area contributed by atoms with E-state index in [1.807, 2.05) is 13.0 Å². The van der Waals surface area contributed by atoms with Crippen LogP contribution in [0, 0.1) is 6.92 Å². The van der Waals surface area contributed by atoms with Crippen LogP contribution in [0.1, 0.15) is 22.3 Å². The van der Waals surface area contributed by atoms with Crippen LogP contribution in [-0.4, -0.2) is 10.1 Å². The molecule has 0 aliphatic carbocycles. The van der Waals surface area contributed by atoms with E-state index in [0.29, 0.717) is 0 Å². The van der Waals surface area contributed by atoms with Crippen molar-refractivity contribution in [3.05, 3.63) is 58.8 Å². The van der Waals surface area contributed by atoms with E-state index in [9.17, 15) is 0 Å². The van der Waals surface area contributed by atoms with Gasteiger partial charge < -0.3 is 10.0 Å². The lowest BCUT2D eigenvalue weighted by Gasteiger charge is -2.19. The first-order chi connectivity index (χ1) is 8.78. The number of hydrogen-bond donors (Lipinski definition) is 1. The molecule has 0 unspecified atom stereocenters. The molecule has 1 aromatic heterocycles. The van der Waals surface area contributed by atoms with Crippen molar-refractivity contribution in [2.24, 2.45) is 0 Å². The summed E-state index contributed by atoms with van der Waals surface area (Å²) in [6.45, 7) is 3.93. The Labute approximate surface area is 107 Å². The normalized spacial score (nSPS) is 13.8. The van der Waals surface area contributed by atoms with Crippen LogP contribution < -0.4 is 4.90 Å². The van der Waals surface area contributed by atoms with Gasteiger partial charge >= 0.3 is 0 Å². The third kappa shape index (κ3) is 1.87. The van der Waals surface area contributed by atoms with Crippen molar-refractivity contribution in [1.82, 2.24) is 4.98 Å². The number of aliphatic hydroxyl groups is 1. The molecule has 3 nitrogen and oxygen atoms in total. The summed E-state index contributed by atoms with van der Waals surface area (Å²) in [5, 5.41) is 9.11. The van der Waals surface area contributed by atoms with Gasteiger partial charge in [0, 0.05) is 19.3 Å². The number of nitrogens with zero attached hydrogens (tertiary/aromatic N) is 2. The average Bonchev–Trinajstić information content (AvgIpc) is 2.81. The Morgan fingerprint density at radius 1 is 1.22 bits per heavy atom. The van der Waals surface area contributed by atoms with Gasteiger partial charge in [0.2, 0.25) is 0 Å². The number of aromatic nitrogens is 1. The molecule has 2 heterocycles. The van der Waals surface area contributed by atoms with Crippen LogP contribution in [0.4, 0.5) is 5.82 Å². The molecule has 0 saturated carbocycles. The van der Waals surface area contributed by atoms with Crippen molar-refractivity contribution in [3.63, 3.8) is 0 Å². The Morgan fingerprint density at radius 2 is 1.89 bits per heavy atom. The second-order valence-electron chi connectivity index (χ2n) is 4.77. The van der Waals surface area contributed by atoms with Gasteiger partial charge in [0.1, 0.15) is 5.82 Å². The summed E-state index contributed by atoms with van der Waals surface area (Å²) in [7, 11) is 0. The summed E-state index contributed by atoms with van der Waals surface area (Å²) < 4.78 is 0. The number of fused-ring (bicyclic) bond motifs is 1. The Hall–Kier alpha value is -1.87. The topological polar surface area (TPSA) is 36.4 Å². The van der Waals surface area contributed by atoms with Crippen LogP contribution in [0.5, 0.6) is 0 Å². The molecule has 92 valence electrons. The Kier molecular flexibility index (Phi) is 2.76. The van der Waals surface area contributed by atoms with Gasteiger partial charge in [-0.1, -0.05) is 24.3 Å². The summed E-state index contributed by atoms with van der Waals surface area (Å²) in [4.78, 5) is 6.76. The molecule has 0 spiro atoms. The van der Waals surface area contributed by atoms with Gasteiger partial charge in [0.15, 0.2) is 0 Å². The standard InChI is InChI=1S/C15H16N2O/c1-11-6-12(10-18)7-16-15(11)17-8-13-4-2-3-5-14(13)9-17/h2-7,18H,8-10H2,1H3. The molecule has 2 aromatic rings. The maximum absolute atomic E-state index is 9.11. The Morgan fingerprint density at radius 3 is 2.44 bits per heavy atom. The van der Waals surface area contributed by atoms with Crippen molar-refractivity contribution in [2.75, 3.05) is 4.90 Å². The SMILES string of the molecule is Cc1cc(CO)cnc1N1Cc2ccccc2C1. The van der Waals surface area contributed by atoms with Gasteiger partial charge in [-0.3, -0.25) is 0 Å². The molecule has 3 heteroatoms. The average molecular weight is 240 g/mol. The lowest BCUT2D eigenvalue weighted by molar-refractivity contribution is 0.281. The van der Waals surface area contributed by atoms with Gasteiger partial charge in [-0.05, 0) is 35.2 Å². The molecule has 1 N–H and O–H groups in total. The minimum absolute atomic E-state index is 0.0499. The van der Waals surface area contributed by atoms with E-state index in [4.69, 9.17) is 5.11 Å². The first kappa shape index (κ1) is 11.2. The highest BCUT2D eigenvalue weighted by Gasteiger charge is 2.20. The molecule has 1 aromatic carbocycles. The molecule has 3 rings (SSSR count). The maximum Gasteiger partial charge on any atom is 0.132 e. The molecular formula is C15H16N2O. The summed E-state index contributed by atoms with van der Waals surface area (Å²) in [6, 6.07) is 10.5. The van der Waals surface area contributed by atoms with E-state index in [1.165, 1.54) is 11.1 Å². The smallest absolute Gasteiger partial charge is 0.132 e. The van der Waals surface area contributed by atoms with E-state index in [-0.39, 0.29) is 6.61 Å². The zero-order valence-corrected chi connectivity index (χ0v) is 10.4. The maximum atomic E-state index is 9.11. The van der Waals surface area contributed by atoms with Crippen molar-refractivity contribution < 1.29 is 5.11 Å². The summed E-state index contributed by atoms with van der Waals surface area (Å²) >= 11 is 0. The highest BCUT2D eigenvalue weighted by Crippen LogP contribution is 2.28. The summed E-state index contributed by atoms with van der Waals surface area (Å²) in [5.41, 5.74) is 4.75. The first-order valence-electron chi connectivity index (χ1n) is 6.16. The molecule has 0 bridgehead atoms. The van der Waals surface area contributed by atoms with Crippen LogP contribution in [-0.2, 0) is 19.7 Å². The number of hydrogen-bond acceptors (Lipinski definition) is 3. The second-order valence-corrected chi connectivity index (χ2v) is 4.77. The summed E-state index contributed by atoms with van der Waals surface area (Å²) in [6.07, 6.45) is 1.76. The molecule has 0 fully saturated rings. The summed E-state index contributed by atoms with van der Waals surface area (Å²) in [5.74, 6) is 1.02. The number of benzene rings is 1. The van der Waals surface area contributed by atoms with E-state index in [2.05, 4.69) is 34.1 Å². The van der Waals surface area contributed by atoms with Crippen LogP contribution in [0.15, 0.2) is 36.5 Å². The first-order valence-corrected chi connectivity index (χ1v) is 6.16. The number of aryl methyl sites for hydroxylation is 1. The minimum atomic E-state index is 0.0499. The Balaban J connectivity index is 1.90. The van der Waals surface area contributed by atoms with E-state index in [1.54, 1.807) is 6.20 Å². The van der Waals surface area contributed by atoms with Gasteiger partial charge in [-0.2, -0.15) is 0 Å². The van der Waals surface area contributed by atoms with Crippen molar-refractivity contribution in [3.8, 4) is 0 Å². The zero-order chi connectivity index (χ0) is 12.5. The van der Waals surface area contributed by atoms with Gasteiger partial charge in [-0.25, -0.2) is 4.98 Å². The fourth-order valence-electron chi connectivity index (χ4n) is 2.53. The van der Waals surface area contributed by atoms with E-state index >= 15 is 0 Å². The number of aliphatic hydroxyl groups excluding tert-OH is 1. The number of anilines is 1. The molecular weight excluding hydrogens is 224 g/mol. The largest absolute Gasteiger partial charge is 0.392 e. The lowest BCUT2D eigenvalue weighted by atomic mass is 10.1. The molecule has 1 aliphatic rings. The van der Waals surface area contributed by atoms with Crippen molar-refractivity contribution >= 4 is 5.82 Å². The van der Waals surface area contributed by atoms with Gasteiger partial charge in [0.05, 0.1) is 6.61 Å². The van der Waals surface area contributed by atoms with Crippen LogP contribution in [0.2, 0.25) is 0 Å². The monoisotopic (exact) mass is 240 g/mol. The quantitative estimate of drug-likeness (QED) is 0.875. The third-order valence-corrected chi connectivity index (χ3v) is 3.43. The molecule has 0 atom stereocenters. The molecule has 0 radical (unpaired) electrons.